The SMILES string of the molecule is O=C(O)[C@@H]1CCS(=O)(=O)c2ccccc21. The van der Waals surface area contributed by atoms with Gasteiger partial charge in [-0.15, -0.1) is 0 Å². The lowest BCUT2D eigenvalue weighted by molar-refractivity contribution is -0.138. The molecule has 1 atom stereocenters. The first kappa shape index (κ1) is 10.2. The highest BCUT2D eigenvalue weighted by Gasteiger charge is 2.33. The van der Waals surface area contributed by atoms with Crippen LogP contribution in [0.25, 0.3) is 0 Å². The van der Waals surface area contributed by atoms with Gasteiger partial charge in [0.2, 0.25) is 0 Å². The van der Waals surface area contributed by atoms with Crippen molar-refractivity contribution in [2.24, 2.45) is 0 Å². The molecule has 0 aromatic heterocycles. The number of aliphatic carboxylic acids is 1. The Hall–Kier alpha value is -1.36. The lowest BCUT2D eigenvalue weighted by Gasteiger charge is -2.21. The Morgan fingerprint density at radius 3 is 2.67 bits per heavy atom. The van der Waals surface area contributed by atoms with Crippen molar-refractivity contribution in [1.29, 1.82) is 0 Å². The Morgan fingerprint density at radius 2 is 2.00 bits per heavy atom. The summed E-state index contributed by atoms with van der Waals surface area (Å²) in [5, 5.41) is 8.96. The topological polar surface area (TPSA) is 71.4 Å². The highest BCUT2D eigenvalue weighted by atomic mass is 32.2. The Morgan fingerprint density at radius 1 is 1.33 bits per heavy atom. The smallest absolute Gasteiger partial charge is 0.311 e. The molecule has 80 valence electrons. The fourth-order valence-corrected chi connectivity index (χ4v) is 3.47. The van der Waals surface area contributed by atoms with Gasteiger partial charge in [0.05, 0.1) is 16.6 Å². The van der Waals surface area contributed by atoms with Crippen LogP contribution in [-0.2, 0) is 14.6 Å². The van der Waals surface area contributed by atoms with Crippen LogP contribution < -0.4 is 0 Å². The first-order chi connectivity index (χ1) is 7.02. The minimum Gasteiger partial charge on any atom is -0.481 e. The van der Waals surface area contributed by atoms with Gasteiger partial charge in [-0.1, -0.05) is 18.2 Å². The highest BCUT2D eigenvalue weighted by Crippen LogP contribution is 2.33. The first-order valence-corrected chi connectivity index (χ1v) is 6.22. The lowest BCUT2D eigenvalue weighted by atomic mass is 9.96. The van der Waals surface area contributed by atoms with E-state index in [1.54, 1.807) is 18.2 Å². The molecule has 1 heterocycles. The maximum Gasteiger partial charge on any atom is 0.311 e. The number of carbonyl (C=O) groups is 1. The average Bonchev–Trinajstić information content (AvgIpc) is 2.17. The van der Waals surface area contributed by atoms with Crippen LogP contribution >= 0.6 is 0 Å². The standard InChI is InChI=1S/C10H10O4S/c11-10(12)8-5-6-15(13,14)9-4-2-1-3-7(8)9/h1-4,8H,5-6H2,(H,11,12)/t8-/m1/s1. The zero-order valence-corrected chi connectivity index (χ0v) is 8.70. The Balaban J connectivity index is 2.64. The molecule has 1 aliphatic rings. The third-order valence-corrected chi connectivity index (χ3v) is 4.42. The number of benzene rings is 1. The molecule has 15 heavy (non-hydrogen) atoms. The van der Waals surface area contributed by atoms with Crippen molar-refractivity contribution >= 4 is 15.8 Å². The number of fused-ring (bicyclic) bond motifs is 1. The number of hydrogen-bond donors (Lipinski definition) is 1. The van der Waals surface area contributed by atoms with Crippen LogP contribution in [0.1, 0.15) is 17.9 Å². The molecule has 0 fully saturated rings. The van der Waals surface area contributed by atoms with E-state index in [0.29, 0.717) is 5.56 Å². The third-order valence-electron chi connectivity index (χ3n) is 2.60. The molecule has 1 N–H and O–H groups in total. The van der Waals surface area contributed by atoms with E-state index in [9.17, 15) is 13.2 Å². The molecule has 0 saturated heterocycles. The van der Waals surface area contributed by atoms with Crippen molar-refractivity contribution in [3.05, 3.63) is 29.8 Å². The summed E-state index contributed by atoms with van der Waals surface area (Å²) in [7, 11) is -3.27. The van der Waals surface area contributed by atoms with E-state index < -0.39 is 21.7 Å². The summed E-state index contributed by atoms with van der Waals surface area (Å²) in [6, 6.07) is 6.32. The van der Waals surface area contributed by atoms with Gasteiger partial charge >= 0.3 is 5.97 Å². The van der Waals surface area contributed by atoms with Gasteiger partial charge in [-0.3, -0.25) is 4.79 Å². The molecule has 0 bridgehead atoms. The fraction of sp³-hybridized carbons (Fsp3) is 0.300. The zero-order valence-electron chi connectivity index (χ0n) is 7.88. The van der Waals surface area contributed by atoms with E-state index in [4.69, 9.17) is 5.11 Å². The van der Waals surface area contributed by atoms with Gasteiger partial charge < -0.3 is 5.11 Å². The Labute approximate surface area is 87.5 Å². The number of carboxylic acid groups (broad SMARTS) is 1. The van der Waals surface area contributed by atoms with Gasteiger partial charge in [0.1, 0.15) is 0 Å². The second kappa shape index (κ2) is 3.34. The molecular formula is C10H10O4S. The molecule has 4 nitrogen and oxygen atoms in total. The van der Waals surface area contributed by atoms with E-state index in [2.05, 4.69) is 0 Å². The van der Waals surface area contributed by atoms with Crippen LogP contribution in [0, 0.1) is 0 Å². The normalized spacial score (nSPS) is 23.1. The molecule has 0 unspecified atom stereocenters. The van der Waals surface area contributed by atoms with Crippen LogP contribution in [0.3, 0.4) is 0 Å². The summed E-state index contributed by atoms with van der Waals surface area (Å²) in [6.07, 6.45) is 0.161. The van der Waals surface area contributed by atoms with E-state index in [1.807, 2.05) is 0 Å². The van der Waals surface area contributed by atoms with Crippen LogP contribution in [0.2, 0.25) is 0 Å². The van der Waals surface area contributed by atoms with E-state index in [-0.39, 0.29) is 17.1 Å². The zero-order chi connectivity index (χ0) is 11.1. The average molecular weight is 226 g/mol. The summed E-state index contributed by atoms with van der Waals surface area (Å²) < 4.78 is 23.3. The van der Waals surface area contributed by atoms with Crippen molar-refractivity contribution in [2.45, 2.75) is 17.2 Å². The minimum absolute atomic E-state index is 0.0824. The third kappa shape index (κ3) is 1.63. The molecule has 0 spiro atoms. The van der Waals surface area contributed by atoms with Crippen molar-refractivity contribution in [2.75, 3.05) is 5.75 Å². The molecule has 2 rings (SSSR count). The molecule has 1 aromatic rings. The molecule has 5 heteroatoms. The summed E-state index contributed by atoms with van der Waals surface area (Å²) in [5.41, 5.74) is 0.413. The Bertz CT molecular complexity index is 504. The van der Waals surface area contributed by atoms with Crippen molar-refractivity contribution in [1.82, 2.24) is 0 Å². The number of sulfone groups is 1. The number of hydrogen-bond acceptors (Lipinski definition) is 3. The fourth-order valence-electron chi connectivity index (χ4n) is 1.85. The van der Waals surface area contributed by atoms with E-state index in [1.165, 1.54) is 6.07 Å². The van der Waals surface area contributed by atoms with Crippen LogP contribution in [0.4, 0.5) is 0 Å². The summed E-state index contributed by atoms with van der Waals surface area (Å²) in [5.74, 6) is -1.73. The van der Waals surface area contributed by atoms with Crippen molar-refractivity contribution < 1.29 is 18.3 Å². The van der Waals surface area contributed by atoms with E-state index in [0.717, 1.165) is 0 Å². The molecule has 0 amide bonds. The Kier molecular flexibility index (Phi) is 2.26. The number of carboxylic acids is 1. The molecule has 1 aromatic carbocycles. The van der Waals surface area contributed by atoms with Gasteiger partial charge in [-0.25, -0.2) is 8.42 Å². The van der Waals surface area contributed by atoms with Gasteiger partial charge in [0.25, 0.3) is 0 Å². The highest BCUT2D eigenvalue weighted by molar-refractivity contribution is 7.91. The quantitative estimate of drug-likeness (QED) is 0.776. The van der Waals surface area contributed by atoms with Crippen molar-refractivity contribution in [3.63, 3.8) is 0 Å². The molecule has 1 aliphatic heterocycles. The number of rotatable bonds is 1. The molecule has 0 radical (unpaired) electrons. The maximum atomic E-state index is 11.6. The summed E-state index contributed by atoms with van der Waals surface area (Å²) in [6.45, 7) is 0. The first-order valence-electron chi connectivity index (χ1n) is 4.57. The van der Waals surface area contributed by atoms with Gasteiger partial charge in [0, 0.05) is 0 Å². The predicted molar refractivity (Wildman–Crippen MR) is 53.5 cm³/mol. The molecular weight excluding hydrogens is 216 g/mol. The van der Waals surface area contributed by atoms with Gasteiger partial charge in [-0.05, 0) is 18.1 Å². The van der Waals surface area contributed by atoms with Crippen LogP contribution in [0.5, 0.6) is 0 Å². The van der Waals surface area contributed by atoms with E-state index >= 15 is 0 Å². The van der Waals surface area contributed by atoms with Crippen LogP contribution in [0.15, 0.2) is 29.2 Å². The monoisotopic (exact) mass is 226 g/mol. The van der Waals surface area contributed by atoms with Crippen LogP contribution in [-0.4, -0.2) is 25.2 Å². The summed E-state index contributed by atoms with van der Waals surface area (Å²) >= 11 is 0. The molecule has 0 saturated carbocycles. The minimum atomic E-state index is -3.27. The second-order valence-electron chi connectivity index (χ2n) is 3.54. The predicted octanol–water partition coefficient (Wildman–Crippen LogP) is 1.03. The summed E-state index contributed by atoms with van der Waals surface area (Å²) in [4.78, 5) is 11.1. The molecule has 0 aliphatic carbocycles. The second-order valence-corrected chi connectivity index (χ2v) is 5.61. The van der Waals surface area contributed by atoms with Gasteiger partial charge in [-0.2, -0.15) is 0 Å². The maximum absolute atomic E-state index is 11.6. The van der Waals surface area contributed by atoms with Crippen molar-refractivity contribution in [3.8, 4) is 0 Å². The lowest BCUT2D eigenvalue weighted by Crippen LogP contribution is -2.24. The van der Waals surface area contributed by atoms with Gasteiger partial charge in [0.15, 0.2) is 9.84 Å². The largest absolute Gasteiger partial charge is 0.481 e.